The molecule has 0 fully saturated rings. The maximum atomic E-state index is 3.72. The highest BCUT2D eigenvalue weighted by Crippen LogP contribution is 2.03. The van der Waals surface area contributed by atoms with Gasteiger partial charge in [0.15, 0.2) is 0 Å². The van der Waals surface area contributed by atoms with Gasteiger partial charge in [0, 0.05) is 13.1 Å². The molecule has 0 unspecified atom stereocenters. The van der Waals surface area contributed by atoms with Crippen LogP contribution in [0.2, 0.25) is 0 Å². The van der Waals surface area contributed by atoms with Crippen molar-refractivity contribution in [3.8, 4) is 0 Å². The van der Waals surface area contributed by atoms with Crippen molar-refractivity contribution in [1.29, 1.82) is 0 Å². The summed E-state index contributed by atoms with van der Waals surface area (Å²) in [5, 5.41) is 0. The van der Waals surface area contributed by atoms with Gasteiger partial charge in [0.25, 0.3) is 0 Å². The lowest BCUT2D eigenvalue weighted by molar-refractivity contribution is 0.320. The second-order valence-corrected chi connectivity index (χ2v) is 4.16. The van der Waals surface area contributed by atoms with Crippen molar-refractivity contribution in [3.05, 3.63) is 49.1 Å². The molecular formula is C14H23N. The second-order valence-electron chi connectivity index (χ2n) is 4.16. The van der Waals surface area contributed by atoms with E-state index in [9.17, 15) is 0 Å². The third-order valence-electron chi connectivity index (χ3n) is 1.91. The zero-order valence-electron chi connectivity index (χ0n) is 10.2. The minimum absolute atomic E-state index is 0.698. The molecule has 0 atom stereocenters. The molecule has 0 aromatic rings. The smallest absolute Gasteiger partial charge is 0.0230 e. The van der Waals surface area contributed by atoms with Crippen LogP contribution in [0.3, 0.4) is 0 Å². The zero-order valence-corrected chi connectivity index (χ0v) is 10.2. The lowest BCUT2D eigenvalue weighted by atomic mass is 10.1. The molecule has 1 heteroatoms. The first-order valence-corrected chi connectivity index (χ1v) is 5.39. The van der Waals surface area contributed by atoms with Crippen LogP contribution in [-0.4, -0.2) is 25.0 Å². The highest BCUT2D eigenvalue weighted by atomic mass is 15.1. The number of allylic oxidation sites excluding steroid dienone is 4. The fourth-order valence-electron chi connectivity index (χ4n) is 1.50. The molecule has 0 spiro atoms. The molecule has 0 radical (unpaired) electrons. The molecule has 0 saturated heterocycles. The van der Waals surface area contributed by atoms with Crippen molar-refractivity contribution in [2.75, 3.05) is 20.1 Å². The second kappa shape index (κ2) is 8.25. The zero-order chi connectivity index (χ0) is 11.7. The van der Waals surface area contributed by atoms with E-state index in [-0.39, 0.29) is 0 Å². The average molecular weight is 205 g/mol. The first kappa shape index (κ1) is 13.9. The summed E-state index contributed by atoms with van der Waals surface area (Å²) >= 11 is 0. The Morgan fingerprint density at radius 2 is 1.93 bits per heavy atom. The minimum atomic E-state index is 0.698. The van der Waals surface area contributed by atoms with Gasteiger partial charge >= 0.3 is 0 Å². The van der Waals surface area contributed by atoms with Gasteiger partial charge in [0.05, 0.1) is 0 Å². The van der Waals surface area contributed by atoms with Crippen molar-refractivity contribution in [3.63, 3.8) is 0 Å². The van der Waals surface area contributed by atoms with Gasteiger partial charge in [0.2, 0.25) is 0 Å². The van der Waals surface area contributed by atoms with Crippen LogP contribution in [0, 0.1) is 5.92 Å². The Kier molecular flexibility index (Phi) is 7.65. The summed E-state index contributed by atoms with van der Waals surface area (Å²) < 4.78 is 0. The van der Waals surface area contributed by atoms with Gasteiger partial charge in [0.1, 0.15) is 0 Å². The molecule has 84 valence electrons. The maximum absolute atomic E-state index is 3.72. The Bertz CT molecular complexity index is 246. The van der Waals surface area contributed by atoms with Crippen molar-refractivity contribution >= 4 is 0 Å². The van der Waals surface area contributed by atoms with Crippen LogP contribution in [0.4, 0.5) is 0 Å². The topological polar surface area (TPSA) is 3.24 Å². The fourth-order valence-corrected chi connectivity index (χ4v) is 1.50. The van der Waals surface area contributed by atoms with E-state index >= 15 is 0 Å². The summed E-state index contributed by atoms with van der Waals surface area (Å²) in [6, 6.07) is 0. The van der Waals surface area contributed by atoms with E-state index < -0.39 is 0 Å². The van der Waals surface area contributed by atoms with Gasteiger partial charge in [-0.25, -0.2) is 0 Å². The molecule has 0 bridgehead atoms. The fraction of sp³-hybridized carbons (Fsp3) is 0.429. The largest absolute Gasteiger partial charge is 0.302 e. The molecule has 0 aliphatic heterocycles. The quantitative estimate of drug-likeness (QED) is 0.576. The summed E-state index contributed by atoms with van der Waals surface area (Å²) in [6.07, 6.45) is 9.69. The Labute approximate surface area is 94.5 Å². The predicted molar refractivity (Wildman–Crippen MR) is 70.0 cm³/mol. The monoisotopic (exact) mass is 205 g/mol. The van der Waals surface area contributed by atoms with Crippen molar-refractivity contribution in [2.45, 2.75) is 13.8 Å². The first-order valence-electron chi connectivity index (χ1n) is 5.39. The molecule has 1 nitrogen and oxygen atoms in total. The summed E-state index contributed by atoms with van der Waals surface area (Å²) in [7, 11) is 2.14. The van der Waals surface area contributed by atoms with Crippen LogP contribution in [0.5, 0.6) is 0 Å². The van der Waals surface area contributed by atoms with E-state index in [0.29, 0.717) is 5.92 Å². The van der Waals surface area contributed by atoms with Crippen LogP contribution >= 0.6 is 0 Å². The minimum Gasteiger partial charge on any atom is -0.302 e. The number of rotatable bonds is 7. The van der Waals surface area contributed by atoms with E-state index in [0.717, 1.165) is 13.1 Å². The van der Waals surface area contributed by atoms with E-state index in [1.165, 1.54) is 5.57 Å². The molecule has 0 saturated carbocycles. The molecule has 0 aromatic carbocycles. The van der Waals surface area contributed by atoms with Crippen LogP contribution in [0.25, 0.3) is 0 Å². The molecule has 15 heavy (non-hydrogen) atoms. The van der Waals surface area contributed by atoms with E-state index in [1.807, 2.05) is 18.2 Å². The third-order valence-corrected chi connectivity index (χ3v) is 1.91. The van der Waals surface area contributed by atoms with Gasteiger partial charge in [-0.15, -0.1) is 0 Å². The molecule has 0 amide bonds. The Balaban J connectivity index is 4.28. The highest BCUT2D eigenvalue weighted by molar-refractivity contribution is 5.26. The summed E-state index contributed by atoms with van der Waals surface area (Å²) in [5.41, 5.74) is 1.26. The van der Waals surface area contributed by atoms with Crippen LogP contribution in [-0.2, 0) is 0 Å². The average Bonchev–Trinajstić information content (AvgIpc) is 2.13. The number of hydrogen-bond acceptors (Lipinski definition) is 1. The summed E-state index contributed by atoms with van der Waals surface area (Å²) in [4.78, 5) is 2.31. The van der Waals surface area contributed by atoms with E-state index in [4.69, 9.17) is 0 Å². The van der Waals surface area contributed by atoms with E-state index in [2.05, 4.69) is 45.0 Å². The van der Waals surface area contributed by atoms with Crippen LogP contribution in [0.15, 0.2) is 49.1 Å². The Morgan fingerprint density at radius 3 is 2.40 bits per heavy atom. The SMILES string of the molecule is C=C/C=C\C(=C/C=C)CN(C)CC(C)C. The van der Waals surface area contributed by atoms with Gasteiger partial charge < -0.3 is 4.90 Å². The lowest BCUT2D eigenvalue weighted by Gasteiger charge is -2.19. The Hall–Kier alpha value is -1.08. The molecule has 0 rings (SSSR count). The summed E-state index contributed by atoms with van der Waals surface area (Å²) in [6.45, 7) is 13.9. The van der Waals surface area contributed by atoms with Crippen molar-refractivity contribution in [2.24, 2.45) is 5.92 Å². The number of likely N-dealkylation sites (N-methyl/N-ethyl adjacent to an activating group) is 1. The molecule has 0 heterocycles. The van der Waals surface area contributed by atoms with Gasteiger partial charge in [-0.1, -0.05) is 57.4 Å². The molecule has 0 aliphatic rings. The normalized spacial score (nSPS) is 12.7. The van der Waals surface area contributed by atoms with Crippen LogP contribution in [0.1, 0.15) is 13.8 Å². The first-order chi connectivity index (χ1) is 7.10. The molecule has 0 aromatic heterocycles. The molecule has 0 aliphatic carbocycles. The van der Waals surface area contributed by atoms with E-state index in [1.54, 1.807) is 6.08 Å². The van der Waals surface area contributed by atoms with Crippen molar-refractivity contribution in [1.82, 2.24) is 4.90 Å². The van der Waals surface area contributed by atoms with Gasteiger partial charge in [-0.3, -0.25) is 0 Å². The van der Waals surface area contributed by atoms with Crippen molar-refractivity contribution < 1.29 is 0 Å². The standard InChI is InChI=1S/C14H23N/c1-6-8-10-14(9-7-2)12-15(5)11-13(3)4/h6-10,13H,1-2,11-12H2,3-5H3/b10-8-,14-9+. The summed E-state index contributed by atoms with van der Waals surface area (Å²) in [5.74, 6) is 0.698. The van der Waals surface area contributed by atoms with Crippen LogP contribution < -0.4 is 0 Å². The van der Waals surface area contributed by atoms with Gasteiger partial charge in [-0.05, 0) is 18.5 Å². The highest BCUT2D eigenvalue weighted by Gasteiger charge is 2.02. The molecular weight excluding hydrogens is 182 g/mol. The van der Waals surface area contributed by atoms with Gasteiger partial charge in [-0.2, -0.15) is 0 Å². The third kappa shape index (κ3) is 7.95. The Morgan fingerprint density at radius 1 is 1.27 bits per heavy atom. The number of hydrogen-bond donors (Lipinski definition) is 0. The predicted octanol–water partition coefficient (Wildman–Crippen LogP) is 3.43. The lowest BCUT2D eigenvalue weighted by Crippen LogP contribution is -2.25. The number of nitrogens with zero attached hydrogens (tertiary/aromatic N) is 1. The maximum Gasteiger partial charge on any atom is 0.0230 e. The molecule has 0 N–H and O–H groups in total.